The number of aryl methyl sites for hydroxylation is 2. The Balaban J connectivity index is 1.39. The van der Waals surface area contributed by atoms with Gasteiger partial charge in [-0.05, 0) is 62.4 Å². The molecule has 1 atom stereocenters. The van der Waals surface area contributed by atoms with E-state index in [0.717, 1.165) is 21.8 Å². The third kappa shape index (κ3) is 5.23. The number of hydrogen-bond donors (Lipinski definition) is 1. The summed E-state index contributed by atoms with van der Waals surface area (Å²) in [6.45, 7) is 4.31. The minimum atomic E-state index is -1.20. The average molecular weight is 449 g/mol. The van der Waals surface area contributed by atoms with Gasteiger partial charge in [-0.2, -0.15) is 0 Å². The maximum absolute atomic E-state index is 12.7. The Morgan fingerprint density at radius 3 is 2.47 bits per heavy atom. The number of oxazole rings is 1. The normalized spacial score (nSPS) is 11.9. The largest absolute Gasteiger partial charge is 0.469 e. The lowest BCUT2D eigenvalue weighted by Crippen LogP contribution is -2.25. The molecule has 6 nitrogen and oxygen atoms in total. The molecular weight excluding hydrogens is 424 g/mol. The van der Waals surface area contributed by atoms with E-state index in [1.54, 1.807) is 30.5 Å². The molecule has 0 aliphatic carbocycles. The van der Waals surface area contributed by atoms with Gasteiger partial charge in [-0.3, -0.25) is 9.00 Å². The van der Waals surface area contributed by atoms with Crippen LogP contribution in [-0.4, -0.2) is 21.6 Å². The number of carbonyl (C=O) groups excluding carboxylic acids is 1. The van der Waals surface area contributed by atoms with Gasteiger partial charge in [0.15, 0.2) is 0 Å². The van der Waals surface area contributed by atoms with Crippen molar-refractivity contribution >= 4 is 16.7 Å². The zero-order valence-electron chi connectivity index (χ0n) is 18.0. The van der Waals surface area contributed by atoms with E-state index in [0.29, 0.717) is 35.9 Å². The van der Waals surface area contributed by atoms with Crippen LogP contribution in [0.15, 0.2) is 80.7 Å². The molecule has 0 spiro atoms. The standard InChI is InChI=1S/C25H24N2O4S/c1-17-5-11-22(12-6-17)32(29)16-23-18(2)31-25(27-23)20-9-7-19(8-10-20)24(28)26-14-13-21-4-3-15-30-21/h3-12,15H,13-14,16H2,1-2H3,(H,26,28). The molecule has 4 aromatic rings. The number of carbonyl (C=O) groups is 1. The summed E-state index contributed by atoms with van der Waals surface area (Å²) in [6, 6.07) is 18.4. The summed E-state index contributed by atoms with van der Waals surface area (Å²) in [5.41, 5.74) is 3.10. The van der Waals surface area contributed by atoms with Gasteiger partial charge in [0.2, 0.25) is 5.89 Å². The molecule has 7 heteroatoms. The summed E-state index contributed by atoms with van der Waals surface area (Å²) >= 11 is 0. The number of rotatable bonds is 8. The lowest BCUT2D eigenvalue weighted by molar-refractivity contribution is 0.0953. The molecule has 2 heterocycles. The summed E-state index contributed by atoms with van der Waals surface area (Å²) in [4.78, 5) is 17.7. The first kappa shape index (κ1) is 21.8. The topological polar surface area (TPSA) is 85.3 Å². The zero-order chi connectivity index (χ0) is 22.5. The quantitative estimate of drug-likeness (QED) is 0.417. The number of amides is 1. The van der Waals surface area contributed by atoms with Gasteiger partial charge in [-0.15, -0.1) is 0 Å². The average Bonchev–Trinajstić information content (AvgIpc) is 3.44. The maximum Gasteiger partial charge on any atom is 0.251 e. The molecular formula is C25H24N2O4S. The predicted molar refractivity (Wildman–Crippen MR) is 123 cm³/mol. The Bertz CT molecular complexity index is 1210. The van der Waals surface area contributed by atoms with Gasteiger partial charge in [0.05, 0.1) is 28.5 Å². The van der Waals surface area contributed by atoms with Crippen molar-refractivity contribution in [2.45, 2.75) is 30.9 Å². The van der Waals surface area contributed by atoms with Gasteiger partial charge < -0.3 is 14.2 Å². The first-order valence-corrected chi connectivity index (χ1v) is 11.6. The summed E-state index contributed by atoms with van der Waals surface area (Å²) < 4.78 is 23.8. The van der Waals surface area contributed by atoms with E-state index in [2.05, 4.69) is 10.3 Å². The second-order valence-corrected chi connectivity index (χ2v) is 8.94. The lowest BCUT2D eigenvalue weighted by atomic mass is 10.1. The molecule has 2 aromatic heterocycles. The highest BCUT2D eigenvalue weighted by atomic mass is 32.2. The number of aromatic nitrogens is 1. The minimum absolute atomic E-state index is 0.152. The van der Waals surface area contributed by atoms with E-state index in [9.17, 15) is 9.00 Å². The van der Waals surface area contributed by atoms with E-state index in [4.69, 9.17) is 8.83 Å². The summed E-state index contributed by atoms with van der Waals surface area (Å²) in [5, 5.41) is 2.88. The predicted octanol–water partition coefficient (Wildman–Crippen LogP) is 4.83. The van der Waals surface area contributed by atoms with E-state index in [1.807, 2.05) is 50.2 Å². The van der Waals surface area contributed by atoms with Crippen molar-refractivity contribution < 1.29 is 17.8 Å². The van der Waals surface area contributed by atoms with Gasteiger partial charge in [0.25, 0.3) is 5.91 Å². The number of furan rings is 1. The van der Waals surface area contributed by atoms with Crippen molar-refractivity contribution in [3.63, 3.8) is 0 Å². The maximum atomic E-state index is 12.7. The first-order valence-electron chi connectivity index (χ1n) is 10.3. The van der Waals surface area contributed by atoms with Crippen LogP contribution in [0.3, 0.4) is 0 Å². The first-order chi connectivity index (χ1) is 15.5. The molecule has 0 bridgehead atoms. The molecule has 1 N–H and O–H groups in total. The number of benzene rings is 2. The van der Waals surface area contributed by atoms with Gasteiger partial charge in [-0.1, -0.05) is 17.7 Å². The van der Waals surface area contributed by atoms with E-state index in [1.165, 1.54) is 0 Å². The molecule has 1 amide bonds. The monoisotopic (exact) mass is 448 g/mol. The van der Waals surface area contributed by atoms with Crippen LogP contribution in [0.1, 0.15) is 33.1 Å². The second kappa shape index (κ2) is 9.78. The summed E-state index contributed by atoms with van der Waals surface area (Å²) in [5.74, 6) is 2.05. The number of nitrogens with zero attached hydrogens (tertiary/aromatic N) is 1. The van der Waals surface area contributed by atoms with Crippen LogP contribution >= 0.6 is 0 Å². The van der Waals surface area contributed by atoms with Crippen LogP contribution in [0, 0.1) is 13.8 Å². The van der Waals surface area contributed by atoms with Gasteiger partial charge in [0, 0.05) is 29.0 Å². The van der Waals surface area contributed by atoms with E-state index < -0.39 is 10.8 Å². The van der Waals surface area contributed by atoms with Crippen molar-refractivity contribution in [2.75, 3.05) is 6.54 Å². The van der Waals surface area contributed by atoms with Gasteiger partial charge in [-0.25, -0.2) is 4.98 Å². The van der Waals surface area contributed by atoms with Crippen molar-refractivity contribution in [1.29, 1.82) is 0 Å². The molecule has 32 heavy (non-hydrogen) atoms. The molecule has 0 aliphatic heterocycles. The molecule has 0 radical (unpaired) electrons. The molecule has 0 saturated heterocycles. The van der Waals surface area contributed by atoms with Crippen molar-refractivity contribution in [3.8, 4) is 11.5 Å². The van der Waals surface area contributed by atoms with Gasteiger partial charge >= 0.3 is 0 Å². The second-order valence-electron chi connectivity index (χ2n) is 7.49. The Morgan fingerprint density at radius 1 is 1.03 bits per heavy atom. The number of hydrogen-bond acceptors (Lipinski definition) is 5. The fourth-order valence-corrected chi connectivity index (χ4v) is 4.33. The van der Waals surface area contributed by atoms with Crippen LogP contribution in [-0.2, 0) is 23.0 Å². The Hall–Kier alpha value is -3.45. The molecule has 2 aromatic carbocycles. The van der Waals surface area contributed by atoms with Crippen LogP contribution in [0.25, 0.3) is 11.5 Å². The molecule has 0 fully saturated rings. The van der Waals surface area contributed by atoms with Crippen molar-refractivity contribution in [3.05, 3.63) is 95.3 Å². The summed E-state index contributed by atoms with van der Waals surface area (Å²) in [6.07, 6.45) is 2.25. The molecule has 4 rings (SSSR count). The van der Waals surface area contributed by atoms with Crippen LogP contribution < -0.4 is 5.32 Å². The van der Waals surface area contributed by atoms with E-state index in [-0.39, 0.29) is 11.7 Å². The van der Waals surface area contributed by atoms with E-state index >= 15 is 0 Å². The minimum Gasteiger partial charge on any atom is -0.469 e. The third-order valence-corrected chi connectivity index (χ3v) is 6.41. The highest BCUT2D eigenvalue weighted by Crippen LogP contribution is 2.24. The smallest absolute Gasteiger partial charge is 0.251 e. The Kier molecular flexibility index (Phi) is 6.66. The Morgan fingerprint density at radius 2 is 1.78 bits per heavy atom. The van der Waals surface area contributed by atoms with Crippen molar-refractivity contribution in [1.82, 2.24) is 10.3 Å². The molecule has 0 aliphatic rings. The third-order valence-electron chi connectivity index (χ3n) is 5.08. The molecule has 0 saturated carbocycles. The highest BCUT2D eigenvalue weighted by Gasteiger charge is 2.16. The number of nitrogens with one attached hydrogen (secondary N) is 1. The lowest BCUT2D eigenvalue weighted by Gasteiger charge is -2.04. The van der Waals surface area contributed by atoms with Crippen LogP contribution in [0.5, 0.6) is 0 Å². The SMILES string of the molecule is Cc1ccc(S(=O)Cc2nc(-c3ccc(C(=O)NCCc4ccco4)cc3)oc2C)cc1. The molecule has 1 unspecified atom stereocenters. The van der Waals surface area contributed by atoms with Crippen LogP contribution in [0.4, 0.5) is 0 Å². The van der Waals surface area contributed by atoms with Crippen LogP contribution in [0.2, 0.25) is 0 Å². The summed E-state index contributed by atoms with van der Waals surface area (Å²) in [7, 11) is -1.20. The van der Waals surface area contributed by atoms with Gasteiger partial charge in [0.1, 0.15) is 11.5 Å². The molecule has 164 valence electrons. The fraction of sp³-hybridized carbons (Fsp3) is 0.200. The van der Waals surface area contributed by atoms with Crippen molar-refractivity contribution in [2.24, 2.45) is 0 Å². The fourth-order valence-electron chi connectivity index (χ4n) is 3.20. The zero-order valence-corrected chi connectivity index (χ0v) is 18.8. The highest BCUT2D eigenvalue weighted by molar-refractivity contribution is 7.84. The Labute approximate surface area is 189 Å².